The largest absolute Gasteiger partial charge is 0.393 e. The Bertz CT molecular complexity index is 643. The number of aliphatic hydroxyl groups is 1. The fraction of sp³-hybridized carbons (Fsp3) is 1.00. The van der Waals surface area contributed by atoms with Gasteiger partial charge in [-0.05, 0) is 38.5 Å². The van der Waals surface area contributed by atoms with Crippen molar-refractivity contribution in [1.82, 2.24) is 0 Å². The molecule has 0 bridgehead atoms. The molecule has 0 aromatic carbocycles. The van der Waals surface area contributed by atoms with E-state index in [0.717, 1.165) is 50.0 Å². The summed E-state index contributed by atoms with van der Waals surface area (Å²) in [6.07, 6.45) is 39.6. The van der Waals surface area contributed by atoms with Crippen molar-refractivity contribution in [1.29, 1.82) is 0 Å². The summed E-state index contributed by atoms with van der Waals surface area (Å²) >= 11 is 0. The predicted octanol–water partition coefficient (Wildman–Crippen LogP) is 12.3. The SMILES string of the molecule is CCCCCCCCCCC(CCS(=O)CCC(CCCCCCCCCC)OC)OC.CCCCCCCCCCC(O)CCS(C)=O. The molecule has 298 valence electrons. The molecule has 7 heteroatoms. The molecule has 0 saturated carbocycles. The highest BCUT2D eigenvalue weighted by Gasteiger charge is 2.13. The maximum atomic E-state index is 12.5. The third-order valence-corrected chi connectivity index (χ3v) is 12.1. The second kappa shape index (κ2) is 42.6. The molecule has 0 aliphatic heterocycles. The van der Waals surface area contributed by atoms with Gasteiger partial charge in [-0.2, -0.15) is 0 Å². The molecule has 0 aromatic heterocycles. The van der Waals surface area contributed by atoms with Gasteiger partial charge in [0.1, 0.15) is 0 Å². The first kappa shape index (κ1) is 51.3. The van der Waals surface area contributed by atoms with Crippen LogP contribution in [0.4, 0.5) is 0 Å². The van der Waals surface area contributed by atoms with Gasteiger partial charge in [0.25, 0.3) is 0 Å². The molecule has 0 fully saturated rings. The van der Waals surface area contributed by atoms with Crippen molar-refractivity contribution < 1.29 is 23.0 Å². The van der Waals surface area contributed by atoms with E-state index in [1.807, 2.05) is 14.2 Å². The second-order valence-electron chi connectivity index (χ2n) is 14.7. The summed E-state index contributed by atoms with van der Waals surface area (Å²) < 4.78 is 34.6. The second-order valence-corrected chi connectivity index (χ2v) is 17.9. The fourth-order valence-corrected chi connectivity index (χ4v) is 8.22. The molecule has 4 unspecified atom stereocenters. The van der Waals surface area contributed by atoms with E-state index in [2.05, 4.69) is 20.8 Å². The van der Waals surface area contributed by atoms with Crippen molar-refractivity contribution in [3.63, 3.8) is 0 Å². The van der Waals surface area contributed by atoms with Crippen LogP contribution in [0.25, 0.3) is 0 Å². The number of ether oxygens (including phenoxy) is 2. The van der Waals surface area contributed by atoms with Gasteiger partial charge in [0.2, 0.25) is 0 Å². The van der Waals surface area contributed by atoms with Gasteiger partial charge in [-0.15, -0.1) is 0 Å². The Labute approximate surface area is 312 Å². The number of rotatable bonds is 38. The first-order valence-corrected chi connectivity index (χ1v) is 24.4. The molecule has 0 aliphatic rings. The first-order chi connectivity index (χ1) is 23.8. The highest BCUT2D eigenvalue weighted by molar-refractivity contribution is 7.85. The average Bonchev–Trinajstić information content (AvgIpc) is 3.10. The van der Waals surface area contributed by atoms with E-state index < -0.39 is 21.6 Å². The van der Waals surface area contributed by atoms with Gasteiger partial charge in [0, 0.05) is 59.3 Å². The van der Waals surface area contributed by atoms with Crippen LogP contribution in [0, 0.1) is 0 Å². The van der Waals surface area contributed by atoms with Crippen LogP contribution in [0.3, 0.4) is 0 Å². The number of methoxy groups -OCH3 is 2. The van der Waals surface area contributed by atoms with Gasteiger partial charge in [-0.25, -0.2) is 0 Å². The van der Waals surface area contributed by atoms with Gasteiger partial charge in [0.05, 0.1) is 18.3 Å². The number of aliphatic hydroxyl groups excluding tert-OH is 1. The maximum absolute atomic E-state index is 12.5. The highest BCUT2D eigenvalue weighted by atomic mass is 32.2. The maximum Gasteiger partial charge on any atom is 0.0580 e. The van der Waals surface area contributed by atoms with E-state index in [9.17, 15) is 13.5 Å². The molecule has 49 heavy (non-hydrogen) atoms. The molecule has 0 saturated heterocycles. The monoisotopic (exact) mass is 737 g/mol. The summed E-state index contributed by atoms with van der Waals surface area (Å²) in [7, 11) is 2.11. The highest BCUT2D eigenvalue weighted by Crippen LogP contribution is 2.16. The van der Waals surface area contributed by atoms with E-state index in [-0.39, 0.29) is 18.3 Å². The lowest BCUT2D eigenvalue weighted by molar-refractivity contribution is 0.0893. The van der Waals surface area contributed by atoms with E-state index in [1.165, 1.54) is 148 Å². The number of hydrogen-bond donors (Lipinski definition) is 1. The zero-order chi connectivity index (χ0) is 36.6. The lowest BCUT2D eigenvalue weighted by atomic mass is 10.0. The van der Waals surface area contributed by atoms with Crippen molar-refractivity contribution in [2.24, 2.45) is 0 Å². The minimum Gasteiger partial charge on any atom is -0.393 e. The molecule has 0 amide bonds. The van der Waals surface area contributed by atoms with Crippen LogP contribution in [-0.2, 0) is 31.1 Å². The molecular formula is C42H88O5S2. The summed E-state index contributed by atoms with van der Waals surface area (Å²) in [6, 6.07) is 0. The Hall–Kier alpha value is 0.180. The summed E-state index contributed by atoms with van der Waals surface area (Å²) in [5, 5.41) is 9.64. The Morgan fingerprint density at radius 2 is 0.735 bits per heavy atom. The van der Waals surface area contributed by atoms with Crippen LogP contribution < -0.4 is 0 Å². The molecule has 0 radical (unpaired) electrons. The van der Waals surface area contributed by atoms with E-state index in [0.29, 0.717) is 12.2 Å². The zero-order valence-corrected chi connectivity index (χ0v) is 35.6. The van der Waals surface area contributed by atoms with Crippen LogP contribution in [-0.4, -0.2) is 69.6 Å². The minimum atomic E-state index is -0.760. The van der Waals surface area contributed by atoms with Gasteiger partial charge in [-0.1, -0.05) is 175 Å². The molecule has 0 spiro atoms. The Morgan fingerprint density at radius 1 is 0.429 bits per heavy atom. The number of unbranched alkanes of at least 4 members (excludes halogenated alkanes) is 21. The smallest absolute Gasteiger partial charge is 0.0580 e. The quantitative estimate of drug-likeness (QED) is 0.0639. The Kier molecular flexibility index (Phi) is 44.6. The van der Waals surface area contributed by atoms with Crippen LogP contribution in [0.1, 0.15) is 213 Å². The van der Waals surface area contributed by atoms with Gasteiger partial charge >= 0.3 is 0 Å². The molecular weight excluding hydrogens is 649 g/mol. The lowest BCUT2D eigenvalue weighted by Crippen LogP contribution is -2.18. The lowest BCUT2D eigenvalue weighted by Gasteiger charge is -2.17. The fourth-order valence-electron chi connectivity index (χ4n) is 6.36. The van der Waals surface area contributed by atoms with Gasteiger partial charge in [-0.3, -0.25) is 8.42 Å². The molecule has 0 heterocycles. The predicted molar refractivity (Wildman–Crippen MR) is 220 cm³/mol. The van der Waals surface area contributed by atoms with Gasteiger partial charge < -0.3 is 14.6 Å². The Morgan fingerprint density at radius 3 is 1.04 bits per heavy atom. The summed E-state index contributed by atoms with van der Waals surface area (Å²) in [5.41, 5.74) is 0. The normalized spacial score (nSPS) is 14.6. The van der Waals surface area contributed by atoms with Crippen molar-refractivity contribution in [2.75, 3.05) is 37.7 Å². The van der Waals surface area contributed by atoms with E-state index >= 15 is 0 Å². The van der Waals surface area contributed by atoms with E-state index in [4.69, 9.17) is 9.47 Å². The molecule has 0 aliphatic carbocycles. The Balaban J connectivity index is 0. The topological polar surface area (TPSA) is 72.8 Å². The molecule has 5 nitrogen and oxygen atoms in total. The standard InChI is InChI=1S/C28H58O3S.C14H30O2S/c1-5-7-9-11-13-15-17-19-21-27(30-3)23-25-32(29)26-24-28(31-4)22-20-18-16-14-12-10-8-6-2;1-3-4-5-6-7-8-9-10-11-14(15)12-13-17(2)16/h27-28H,5-26H2,1-4H3;14-15H,3-13H2,1-2H3. The molecule has 0 rings (SSSR count). The third kappa shape index (κ3) is 42.5. The van der Waals surface area contributed by atoms with Crippen molar-refractivity contribution >= 4 is 21.6 Å². The average molecular weight is 737 g/mol. The van der Waals surface area contributed by atoms with Crippen LogP contribution in [0.15, 0.2) is 0 Å². The van der Waals surface area contributed by atoms with Crippen LogP contribution in [0.5, 0.6) is 0 Å². The van der Waals surface area contributed by atoms with Crippen molar-refractivity contribution in [3.05, 3.63) is 0 Å². The molecule has 0 aromatic rings. The summed E-state index contributed by atoms with van der Waals surface area (Å²) in [5.74, 6) is 2.17. The van der Waals surface area contributed by atoms with Crippen molar-refractivity contribution in [2.45, 2.75) is 232 Å². The number of hydrogen-bond acceptors (Lipinski definition) is 5. The summed E-state index contributed by atoms with van der Waals surface area (Å²) in [4.78, 5) is 0. The van der Waals surface area contributed by atoms with Gasteiger partial charge in [0.15, 0.2) is 0 Å². The first-order valence-electron chi connectivity index (χ1n) is 21.2. The van der Waals surface area contributed by atoms with Crippen LogP contribution in [0.2, 0.25) is 0 Å². The molecule has 4 atom stereocenters. The van der Waals surface area contributed by atoms with Crippen molar-refractivity contribution in [3.8, 4) is 0 Å². The van der Waals surface area contributed by atoms with E-state index in [1.54, 1.807) is 6.26 Å². The molecule has 1 N–H and O–H groups in total. The third-order valence-electron chi connectivity index (χ3n) is 9.89. The minimum absolute atomic E-state index is 0.237. The summed E-state index contributed by atoms with van der Waals surface area (Å²) in [6.45, 7) is 6.78. The zero-order valence-electron chi connectivity index (χ0n) is 34.0. The van der Waals surface area contributed by atoms with Crippen LogP contribution >= 0.6 is 0 Å².